The van der Waals surface area contributed by atoms with E-state index >= 15 is 0 Å². The molecule has 1 aliphatic rings. The molecule has 1 aromatic heterocycles. The van der Waals surface area contributed by atoms with E-state index in [1.165, 1.54) is 11.3 Å². The maximum absolute atomic E-state index is 12.3. The summed E-state index contributed by atoms with van der Waals surface area (Å²) in [5, 5.41) is 49.3. The minimum absolute atomic E-state index is 0.0836. The third-order valence-electron chi connectivity index (χ3n) is 6.85. The van der Waals surface area contributed by atoms with Gasteiger partial charge in [-0.3, -0.25) is 0 Å². The van der Waals surface area contributed by atoms with E-state index in [1.54, 1.807) is 12.1 Å². The number of hydrogen-bond acceptors (Lipinski definition) is 8. The predicted molar refractivity (Wildman–Crippen MR) is 145 cm³/mol. The number of halogens is 3. The lowest BCUT2D eigenvalue weighted by atomic mass is 9.85. The van der Waals surface area contributed by atoms with Crippen molar-refractivity contribution in [3.05, 3.63) is 55.7 Å². The quantitative estimate of drug-likeness (QED) is 0.176. The molecule has 11 heteroatoms. The first-order valence-corrected chi connectivity index (χ1v) is 14.3. The maximum Gasteiger partial charge on any atom is 0.348 e. The molecule has 0 saturated heterocycles. The summed E-state index contributed by atoms with van der Waals surface area (Å²) in [5.74, 6) is -0.375. The summed E-state index contributed by atoms with van der Waals surface area (Å²) in [6.07, 6.45) is -0.557. The van der Waals surface area contributed by atoms with Gasteiger partial charge in [-0.15, -0.1) is 22.9 Å². The van der Waals surface area contributed by atoms with Crippen molar-refractivity contribution in [1.82, 2.24) is 0 Å². The molecule has 3 rings (SSSR count). The van der Waals surface area contributed by atoms with Crippen LogP contribution in [0, 0.1) is 11.8 Å². The van der Waals surface area contributed by atoms with E-state index in [9.17, 15) is 25.2 Å². The number of alkyl halides is 1. The average Bonchev–Trinajstić information content (AvgIpc) is 3.43. The number of aryl methyl sites for hydroxylation is 2. The van der Waals surface area contributed by atoms with Crippen LogP contribution in [0.4, 0.5) is 0 Å². The van der Waals surface area contributed by atoms with E-state index in [-0.39, 0.29) is 17.2 Å². The number of aliphatic hydroxyl groups excluding tert-OH is 5. The second-order valence-electron chi connectivity index (χ2n) is 9.53. The van der Waals surface area contributed by atoms with E-state index < -0.39 is 43.6 Å². The fourth-order valence-corrected chi connectivity index (χ4v) is 6.86. The fraction of sp³-hybridized carbons (Fsp3) is 0.577. The zero-order chi connectivity index (χ0) is 27.1. The topological polar surface area (TPSA) is 127 Å². The van der Waals surface area contributed by atoms with Crippen molar-refractivity contribution in [3.63, 3.8) is 0 Å². The highest BCUT2D eigenvalue weighted by atomic mass is 35.5. The van der Waals surface area contributed by atoms with Gasteiger partial charge in [-0.25, -0.2) is 4.79 Å². The third-order valence-corrected chi connectivity index (χ3v) is 8.91. The molecule has 1 heterocycles. The third kappa shape index (κ3) is 8.78. The molecule has 206 valence electrons. The van der Waals surface area contributed by atoms with Gasteiger partial charge in [0.1, 0.15) is 29.8 Å². The van der Waals surface area contributed by atoms with Crippen molar-refractivity contribution in [2.45, 2.75) is 68.3 Å². The lowest BCUT2D eigenvalue weighted by molar-refractivity contribution is -0.0925. The van der Waals surface area contributed by atoms with Crippen molar-refractivity contribution in [3.8, 4) is 0 Å². The number of aliphatic hydroxyl groups is 5. The first-order valence-electron chi connectivity index (χ1n) is 12.3. The van der Waals surface area contributed by atoms with E-state index in [1.807, 2.05) is 18.2 Å². The molecule has 1 fully saturated rings. The number of esters is 1. The van der Waals surface area contributed by atoms with Gasteiger partial charge in [0.2, 0.25) is 0 Å². The second kappa shape index (κ2) is 14.4. The molecule has 7 nitrogen and oxygen atoms in total. The zero-order valence-electron chi connectivity index (χ0n) is 20.2. The summed E-state index contributed by atoms with van der Waals surface area (Å²) in [4.78, 5) is 13.6. The van der Waals surface area contributed by atoms with Crippen molar-refractivity contribution in [2.24, 2.45) is 11.8 Å². The molecule has 0 amide bonds. The van der Waals surface area contributed by atoms with Crippen LogP contribution in [-0.2, 0) is 17.6 Å². The summed E-state index contributed by atoms with van der Waals surface area (Å²) in [5.41, 5.74) is 1.03. The molecule has 1 aromatic carbocycles. The Morgan fingerprint density at radius 2 is 1.73 bits per heavy atom. The molecule has 0 unspecified atom stereocenters. The van der Waals surface area contributed by atoms with Crippen LogP contribution in [0.2, 0.25) is 10.0 Å². The van der Waals surface area contributed by atoms with Crippen molar-refractivity contribution in [2.75, 3.05) is 13.2 Å². The second-order valence-corrected chi connectivity index (χ2v) is 12.1. The van der Waals surface area contributed by atoms with Crippen LogP contribution in [0.25, 0.3) is 0 Å². The van der Waals surface area contributed by atoms with Gasteiger partial charge in [-0.1, -0.05) is 23.2 Å². The highest BCUT2D eigenvalue weighted by molar-refractivity contribution is 7.13. The minimum atomic E-state index is -1.62. The highest BCUT2D eigenvalue weighted by Crippen LogP contribution is 2.42. The van der Waals surface area contributed by atoms with Crippen LogP contribution in [-0.4, -0.2) is 74.5 Å². The first-order chi connectivity index (χ1) is 17.6. The SMILES string of the molecule is O=C(OC[C@@H](O)[C@@H](O)[C@H](O)CO)c1ccc(CCC[C@@H]2[C@@H](CCc3cc(Cl)cc(Cl)c3)[C@H](O)C[C@H]2Cl)s1. The first kappa shape index (κ1) is 30.6. The van der Waals surface area contributed by atoms with E-state index in [0.717, 1.165) is 42.5 Å². The maximum atomic E-state index is 12.3. The number of thiophene rings is 1. The lowest BCUT2D eigenvalue weighted by Gasteiger charge is -2.23. The fourth-order valence-electron chi connectivity index (χ4n) is 4.85. The lowest BCUT2D eigenvalue weighted by Crippen LogP contribution is -2.42. The molecule has 1 aliphatic carbocycles. The average molecular weight is 596 g/mol. The largest absolute Gasteiger partial charge is 0.459 e. The summed E-state index contributed by atoms with van der Waals surface area (Å²) < 4.78 is 5.03. The molecule has 0 bridgehead atoms. The Balaban J connectivity index is 1.47. The molecule has 0 radical (unpaired) electrons. The number of carbonyl (C=O) groups is 1. The molecular weight excluding hydrogens is 563 g/mol. The number of ether oxygens (including phenoxy) is 1. The van der Waals surface area contributed by atoms with Crippen LogP contribution < -0.4 is 0 Å². The number of carbonyl (C=O) groups excluding carboxylic acids is 1. The highest BCUT2D eigenvalue weighted by Gasteiger charge is 2.40. The molecule has 5 N–H and O–H groups in total. The molecular formula is C26H33Cl3O7S. The van der Waals surface area contributed by atoms with Crippen molar-refractivity contribution in [1.29, 1.82) is 0 Å². The zero-order valence-corrected chi connectivity index (χ0v) is 23.3. The minimum Gasteiger partial charge on any atom is -0.459 e. The van der Waals surface area contributed by atoms with Crippen molar-refractivity contribution < 1.29 is 35.1 Å². The van der Waals surface area contributed by atoms with Crippen LogP contribution in [0.1, 0.15) is 45.8 Å². The van der Waals surface area contributed by atoms with Gasteiger partial charge in [0.15, 0.2) is 0 Å². The summed E-state index contributed by atoms with van der Waals surface area (Å²) >= 11 is 20.1. The van der Waals surface area contributed by atoms with E-state index in [2.05, 4.69) is 0 Å². The van der Waals surface area contributed by atoms with Gasteiger partial charge >= 0.3 is 5.97 Å². The van der Waals surface area contributed by atoms with Gasteiger partial charge in [-0.05, 0) is 86.3 Å². The Morgan fingerprint density at radius 1 is 1.03 bits per heavy atom. The smallest absolute Gasteiger partial charge is 0.348 e. The molecule has 7 atom stereocenters. The Hall–Kier alpha value is -0.940. The van der Waals surface area contributed by atoms with Gasteiger partial charge in [-0.2, -0.15) is 0 Å². The van der Waals surface area contributed by atoms with Crippen LogP contribution in [0.15, 0.2) is 30.3 Å². The van der Waals surface area contributed by atoms with E-state index in [0.29, 0.717) is 21.3 Å². The van der Waals surface area contributed by atoms with Crippen LogP contribution >= 0.6 is 46.1 Å². The molecule has 0 aliphatic heterocycles. The molecule has 2 aromatic rings. The molecule has 37 heavy (non-hydrogen) atoms. The van der Waals surface area contributed by atoms with Crippen molar-refractivity contribution >= 4 is 52.1 Å². The van der Waals surface area contributed by atoms with Gasteiger partial charge < -0.3 is 30.3 Å². The summed E-state index contributed by atoms with van der Waals surface area (Å²) in [6, 6.07) is 8.98. The van der Waals surface area contributed by atoms with Gasteiger partial charge in [0, 0.05) is 20.3 Å². The normalized spacial score (nSPS) is 24.1. The Kier molecular flexibility index (Phi) is 11.9. The van der Waals surface area contributed by atoms with Crippen LogP contribution in [0.5, 0.6) is 0 Å². The summed E-state index contributed by atoms with van der Waals surface area (Å²) in [7, 11) is 0. The standard InChI is InChI=1S/C26H33Cl3O7S/c27-15-8-14(9-16(28)10-15)4-6-19-18(20(29)11-21(19)31)3-1-2-17-5-7-24(37-17)26(35)36-13-23(33)25(34)22(32)12-30/h5,7-10,18-23,25,30-34H,1-4,6,11-13H2/t18-,19-,20-,21-,22-,23-,25+/m1/s1. The number of rotatable bonds is 13. The Morgan fingerprint density at radius 3 is 2.41 bits per heavy atom. The summed E-state index contributed by atoms with van der Waals surface area (Å²) in [6.45, 7) is -1.23. The number of hydrogen-bond donors (Lipinski definition) is 5. The predicted octanol–water partition coefficient (Wildman–Crippen LogP) is 3.85. The van der Waals surface area contributed by atoms with Gasteiger partial charge in [0.05, 0.1) is 12.7 Å². The monoisotopic (exact) mass is 594 g/mol. The van der Waals surface area contributed by atoms with Gasteiger partial charge in [0.25, 0.3) is 0 Å². The van der Waals surface area contributed by atoms with Crippen LogP contribution in [0.3, 0.4) is 0 Å². The molecule has 1 saturated carbocycles. The van der Waals surface area contributed by atoms with E-state index in [4.69, 9.17) is 44.6 Å². The Bertz CT molecular complexity index is 1000. The number of benzene rings is 1. The Labute approximate surface area is 235 Å². The molecule has 0 spiro atoms.